The van der Waals surface area contributed by atoms with Gasteiger partial charge in [0, 0.05) is 26.7 Å². The number of likely N-dealkylation sites (N-methyl/N-ethyl adjacent to an activating group) is 1. The second kappa shape index (κ2) is 10.9. The predicted molar refractivity (Wildman–Crippen MR) is 98.0 cm³/mol. The molecule has 0 spiro atoms. The first-order valence-corrected chi connectivity index (χ1v) is 6.84. The van der Waals surface area contributed by atoms with E-state index in [2.05, 4.69) is 65.7 Å². The molecule has 0 radical (unpaired) electrons. The van der Waals surface area contributed by atoms with E-state index in [1.165, 1.54) is 11.1 Å². The van der Waals surface area contributed by atoms with Crippen LogP contribution < -0.4 is 10.6 Å². The minimum Gasteiger partial charge on any atom is -0.355 e. The Balaban J connectivity index is 0.00000361. The fraction of sp³-hybridized carbons (Fsp3) is 0.533. The number of rotatable bonds is 6. The van der Waals surface area contributed by atoms with Crippen LogP contribution in [0.2, 0.25) is 0 Å². The number of benzene rings is 1. The highest BCUT2D eigenvalue weighted by Crippen LogP contribution is 2.02. The van der Waals surface area contributed by atoms with Gasteiger partial charge in [-0.05, 0) is 26.1 Å². The quantitative estimate of drug-likeness (QED) is 0.445. The SMILES string of the molecule is CCN(C)CCNC(=NC)NCc1cccc(C)c1.I. The van der Waals surface area contributed by atoms with Gasteiger partial charge in [-0.15, -0.1) is 24.0 Å². The van der Waals surface area contributed by atoms with Crippen LogP contribution in [-0.2, 0) is 6.54 Å². The first-order chi connectivity index (χ1) is 9.15. The van der Waals surface area contributed by atoms with E-state index in [0.717, 1.165) is 32.1 Å². The number of guanidine groups is 1. The van der Waals surface area contributed by atoms with E-state index in [0.29, 0.717) is 0 Å². The molecule has 0 saturated carbocycles. The summed E-state index contributed by atoms with van der Waals surface area (Å²) in [7, 11) is 3.92. The molecule has 1 aromatic carbocycles. The highest BCUT2D eigenvalue weighted by molar-refractivity contribution is 14.0. The zero-order chi connectivity index (χ0) is 14.1. The van der Waals surface area contributed by atoms with Gasteiger partial charge >= 0.3 is 0 Å². The molecule has 0 heterocycles. The van der Waals surface area contributed by atoms with Gasteiger partial charge in [-0.2, -0.15) is 0 Å². The normalized spacial score (nSPS) is 11.2. The minimum absolute atomic E-state index is 0. The van der Waals surface area contributed by atoms with Crippen molar-refractivity contribution < 1.29 is 0 Å². The molecule has 1 rings (SSSR count). The standard InChI is InChI=1S/C15H26N4.HI/c1-5-19(4)10-9-17-15(16-3)18-12-14-8-6-7-13(2)11-14;/h6-8,11H,5,9-10,12H2,1-4H3,(H2,16,17,18);1H. The fourth-order valence-electron chi connectivity index (χ4n) is 1.75. The second-order valence-corrected chi connectivity index (χ2v) is 4.74. The Labute approximate surface area is 140 Å². The van der Waals surface area contributed by atoms with E-state index >= 15 is 0 Å². The van der Waals surface area contributed by atoms with Crippen molar-refractivity contribution in [3.05, 3.63) is 35.4 Å². The molecule has 0 aromatic heterocycles. The maximum atomic E-state index is 4.22. The van der Waals surface area contributed by atoms with Crippen LogP contribution in [0.4, 0.5) is 0 Å². The zero-order valence-corrected chi connectivity index (χ0v) is 15.3. The van der Waals surface area contributed by atoms with Crippen molar-refractivity contribution in [2.75, 3.05) is 33.7 Å². The number of nitrogens with zero attached hydrogens (tertiary/aromatic N) is 2. The van der Waals surface area contributed by atoms with Crippen molar-refractivity contribution in [2.24, 2.45) is 4.99 Å². The summed E-state index contributed by atoms with van der Waals surface area (Å²) in [6, 6.07) is 8.50. The van der Waals surface area contributed by atoms with Crippen LogP contribution in [0.25, 0.3) is 0 Å². The maximum Gasteiger partial charge on any atom is 0.191 e. The third-order valence-corrected chi connectivity index (χ3v) is 3.09. The number of halogens is 1. The van der Waals surface area contributed by atoms with Crippen molar-refractivity contribution >= 4 is 29.9 Å². The first-order valence-electron chi connectivity index (χ1n) is 6.84. The Morgan fingerprint density at radius 2 is 2.05 bits per heavy atom. The summed E-state index contributed by atoms with van der Waals surface area (Å²) in [6.07, 6.45) is 0. The van der Waals surface area contributed by atoms with Gasteiger partial charge in [-0.1, -0.05) is 36.8 Å². The highest BCUT2D eigenvalue weighted by atomic mass is 127. The van der Waals surface area contributed by atoms with Gasteiger partial charge in [0.1, 0.15) is 0 Å². The lowest BCUT2D eigenvalue weighted by atomic mass is 10.1. The maximum absolute atomic E-state index is 4.22. The van der Waals surface area contributed by atoms with Crippen molar-refractivity contribution in [3.63, 3.8) is 0 Å². The smallest absolute Gasteiger partial charge is 0.191 e. The molecule has 0 bridgehead atoms. The molecular weight excluding hydrogens is 363 g/mol. The molecule has 0 aliphatic rings. The molecule has 4 nitrogen and oxygen atoms in total. The van der Waals surface area contributed by atoms with Gasteiger partial charge < -0.3 is 15.5 Å². The van der Waals surface area contributed by atoms with E-state index in [9.17, 15) is 0 Å². The molecule has 2 N–H and O–H groups in total. The molecule has 0 aliphatic carbocycles. The topological polar surface area (TPSA) is 39.7 Å². The Bertz CT molecular complexity index is 407. The fourth-order valence-corrected chi connectivity index (χ4v) is 1.75. The zero-order valence-electron chi connectivity index (χ0n) is 12.9. The molecule has 0 unspecified atom stereocenters. The predicted octanol–water partition coefficient (Wildman–Crippen LogP) is 2.23. The second-order valence-electron chi connectivity index (χ2n) is 4.74. The van der Waals surface area contributed by atoms with E-state index in [1.807, 2.05) is 0 Å². The molecule has 20 heavy (non-hydrogen) atoms. The van der Waals surface area contributed by atoms with Crippen molar-refractivity contribution in [3.8, 4) is 0 Å². The van der Waals surface area contributed by atoms with Gasteiger partial charge in [0.2, 0.25) is 0 Å². The van der Waals surface area contributed by atoms with Crippen LogP contribution in [-0.4, -0.2) is 44.6 Å². The minimum atomic E-state index is 0. The lowest BCUT2D eigenvalue weighted by molar-refractivity contribution is 0.357. The Morgan fingerprint density at radius 1 is 1.30 bits per heavy atom. The van der Waals surface area contributed by atoms with E-state index in [1.54, 1.807) is 7.05 Å². The summed E-state index contributed by atoms with van der Waals surface area (Å²) in [4.78, 5) is 6.49. The van der Waals surface area contributed by atoms with Crippen LogP contribution >= 0.6 is 24.0 Å². The first kappa shape index (κ1) is 19.2. The summed E-state index contributed by atoms with van der Waals surface area (Å²) in [6.45, 7) is 8.05. The van der Waals surface area contributed by atoms with E-state index in [-0.39, 0.29) is 24.0 Å². The van der Waals surface area contributed by atoms with Gasteiger partial charge in [-0.3, -0.25) is 4.99 Å². The van der Waals surface area contributed by atoms with Gasteiger partial charge in [-0.25, -0.2) is 0 Å². The summed E-state index contributed by atoms with van der Waals surface area (Å²) in [5.74, 6) is 0.853. The number of nitrogens with one attached hydrogen (secondary N) is 2. The molecule has 0 atom stereocenters. The molecule has 0 saturated heterocycles. The summed E-state index contributed by atoms with van der Waals surface area (Å²) < 4.78 is 0. The van der Waals surface area contributed by atoms with Crippen molar-refractivity contribution in [1.29, 1.82) is 0 Å². The van der Waals surface area contributed by atoms with Gasteiger partial charge in [0.05, 0.1) is 0 Å². The van der Waals surface area contributed by atoms with Crippen LogP contribution in [0.5, 0.6) is 0 Å². The Kier molecular flexibility index (Phi) is 10.5. The van der Waals surface area contributed by atoms with Crippen LogP contribution in [0.1, 0.15) is 18.1 Å². The summed E-state index contributed by atoms with van der Waals surface area (Å²) in [5.41, 5.74) is 2.56. The molecule has 5 heteroatoms. The van der Waals surface area contributed by atoms with Crippen LogP contribution in [0.3, 0.4) is 0 Å². The van der Waals surface area contributed by atoms with Crippen LogP contribution in [0.15, 0.2) is 29.3 Å². The average molecular weight is 390 g/mol. The number of aliphatic imine (C=N–C) groups is 1. The Hall–Kier alpha value is -0.820. The van der Waals surface area contributed by atoms with Gasteiger partial charge in [0.15, 0.2) is 5.96 Å². The van der Waals surface area contributed by atoms with Crippen molar-refractivity contribution in [1.82, 2.24) is 15.5 Å². The molecule has 0 aliphatic heterocycles. The number of aryl methyl sites for hydroxylation is 1. The molecule has 114 valence electrons. The van der Waals surface area contributed by atoms with E-state index in [4.69, 9.17) is 0 Å². The molecule has 0 amide bonds. The largest absolute Gasteiger partial charge is 0.355 e. The lowest BCUT2D eigenvalue weighted by Crippen LogP contribution is -2.40. The highest BCUT2D eigenvalue weighted by Gasteiger charge is 1.99. The monoisotopic (exact) mass is 390 g/mol. The van der Waals surface area contributed by atoms with Crippen molar-refractivity contribution in [2.45, 2.75) is 20.4 Å². The third-order valence-electron chi connectivity index (χ3n) is 3.09. The Morgan fingerprint density at radius 3 is 2.65 bits per heavy atom. The van der Waals surface area contributed by atoms with Gasteiger partial charge in [0.25, 0.3) is 0 Å². The average Bonchev–Trinajstić information content (AvgIpc) is 2.42. The molecule has 1 aromatic rings. The molecular formula is C15H27IN4. The lowest BCUT2D eigenvalue weighted by Gasteiger charge is -2.16. The number of hydrogen-bond acceptors (Lipinski definition) is 2. The van der Waals surface area contributed by atoms with Crippen LogP contribution in [0, 0.1) is 6.92 Å². The number of hydrogen-bond donors (Lipinski definition) is 2. The molecule has 0 fully saturated rings. The summed E-state index contributed by atoms with van der Waals surface area (Å²) >= 11 is 0. The summed E-state index contributed by atoms with van der Waals surface area (Å²) in [5, 5.41) is 6.64. The third kappa shape index (κ3) is 7.69. The van der Waals surface area contributed by atoms with E-state index < -0.39 is 0 Å².